The predicted molar refractivity (Wildman–Crippen MR) is 76.4 cm³/mol. The highest BCUT2D eigenvalue weighted by Gasteiger charge is 1.81. The first-order valence-corrected chi connectivity index (χ1v) is 5.67. The van der Waals surface area contributed by atoms with E-state index in [1.54, 1.807) is 0 Å². The van der Waals surface area contributed by atoms with Crippen LogP contribution in [0.3, 0.4) is 0 Å². The van der Waals surface area contributed by atoms with Gasteiger partial charge in [-0.05, 0) is 51.8 Å². The molecule has 0 aliphatic carbocycles. The largest absolute Gasteiger partial charge is 0.262 e. The summed E-state index contributed by atoms with van der Waals surface area (Å²) in [5.74, 6) is 0. The van der Waals surface area contributed by atoms with Gasteiger partial charge >= 0.3 is 0 Å². The second-order valence-electron chi connectivity index (χ2n) is 4.00. The SMILES string of the molecule is C=C(C)N=C/C(C)=C\C.Cc1ccc(C)nc1. The summed E-state index contributed by atoms with van der Waals surface area (Å²) in [5, 5.41) is 0. The Balaban J connectivity index is 0.000000302. The van der Waals surface area contributed by atoms with Crippen molar-refractivity contribution in [3.05, 3.63) is 53.5 Å². The molecular weight excluding hydrogens is 208 g/mol. The van der Waals surface area contributed by atoms with E-state index in [4.69, 9.17) is 0 Å². The number of aryl methyl sites for hydroxylation is 2. The molecule has 0 unspecified atom stereocenters. The van der Waals surface area contributed by atoms with Gasteiger partial charge in [-0.1, -0.05) is 18.7 Å². The van der Waals surface area contributed by atoms with Crippen LogP contribution in [0.5, 0.6) is 0 Å². The Morgan fingerprint density at radius 2 is 1.94 bits per heavy atom. The minimum atomic E-state index is 0.844. The Bertz CT molecular complexity index is 376. The van der Waals surface area contributed by atoms with E-state index in [9.17, 15) is 0 Å². The highest BCUT2D eigenvalue weighted by Crippen LogP contribution is 1.94. The van der Waals surface area contributed by atoms with Crippen molar-refractivity contribution in [1.82, 2.24) is 4.98 Å². The van der Waals surface area contributed by atoms with Gasteiger partial charge in [0.1, 0.15) is 0 Å². The molecule has 0 atom stereocenters. The molecule has 0 bridgehead atoms. The van der Waals surface area contributed by atoms with Crippen LogP contribution in [-0.2, 0) is 0 Å². The molecular formula is C15H22N2. The monoisotopic (exact) mass is 230 g/mol. The van der Waals surface area contributed by atoms with Gasteiger partial charge in [-0.3, -0.25) is 9.98 Å². The third kappa shape index (κ3) is 9.24. The van der Waals surface area contributed by atoms with Crippen molar-refractivity contribution >= 4 is 6.21 Å². The molecule has 0 amide bonds. The zero-order valence-electron chi connectivity index (χ0n) is 11.5. The molecule has 17 heavy (non-hydrogen) atoms. The highest BCUT2D eigenvalue weighted by molar-refractivity contribution is 5.78. The molecule has 0 spiro atoms. The standard InChI is InChI=1S/C8H13N.C7H9N/c1-5-8(4)6-9-7(2)3;1-6-3-4-7(2)8-5-6/h5-6H,2H2,1,3-4H3;3-5H,1-2H3/b8-5-,9-6?;. The molecule has 0 aliphatic heterocycles. The Labute approximate surface area is 105 Å². The maximum atomic E-state index is 4.08. The molecule has 1 rings (SSSR count). The molecule has 1 heterocycles. The molecule has 1 aromatic heterocycles. The van der Waals surface area contributed by atoms with Gasteiger partial charge in [0.05, 0.1) is 0 Å². The molecule has 0 N–H and O–H groups in total. The molecule has 2 nitrogen and oxygen atoms in total. The number of nitrogens with zero attached hydrogens (tertiary/aromatic N) is 2. The second-order valence-corrected chi connectivity index (χ2v) is 4.00. The molecule has 0 saturated heterocycles. The lowest BCUT2D eigenvalue weighted by molar-refractivity contribution is 1.17. The lowest BCUT2D eigenvalue weighted by Crippen LogP contribution is -1.78. The van der Waals surface area contributed by atoms with E-state index in [0.29, 0.717) is 0 Å². The van der Waals surface area contributed by atoms with Crippen LogP contribution >= 0.6 is 0 Å². The van der Waals surface area contributed by atoms with Crippen LogP contribution < -0.4 is 0 Å². The summed E-state index contributed by atoms with van der Waals surface area (Å²) < 4.78 is 0. The third-order valence-corrected chi connectivity index (χ3v) is 2.00. The van der Waals surface area contributed by atoms with Gasteiger partial charge in [-0.25, -0.2) is 0 Å². The van der Waals surface area contributed by atoms with Crippen LogP contribution in [0.2, 0.25) is 0 Å². The fraction of sp³-hybridized carbons (Fsp3) is 0.333. The van der Waals surface area contributed by atoms with E-state index in [0.717, 1.165) is 17.0 Å². The first-order valence-electron chi connectivity index (χ1n) is 5.67. The number of aromatic nitrogens is 1. The molecule has 0 saturated carbocycles. The van der Waals surface area contributed by atoms with Gasteiger partial charge in [0.2, 0.25) is 0 Å². The first kappa shape index (κ1) is 15.3. The topological polar surface area (TPSA) is 25.2 Å². The van der Waals surface area contributed by atoms with Crippen LogP contribution in [0, 0.1) is 13.8 Å². The Kier molecular flexibility index (Phi) is 7.61. The molecule has 0 aromatic carbocycles. The summed E-state index contributed by atoms with van der Waals surface area (Å²) in [6.07, 6.45) is 5.68. The van der Waals surface area contributed by atoms with Crippen LogP contribution in [-0.4, -0.2) is 11.2 Å². The van der Waals surface area contributed by atoms with Gasteiger partial charge in [0.15, 0.2) is 0 Å². The fourth-order valence-electron chi connectivity index (χ4n) is 0.828. The van der Waals surface area contributed by atoms with Gasteiger partial charge < -0.3 is 0 Å². The highest BCUT2D eigenvalue weighted by atomic mass is 14.7. The fourth-order valence-corrected chi connectivity index (χ4v) is 0.828. The van der Waals surface area contributed by atoms with Gasteiger partial charge in [0, 0.05) is 23.8 Å². The average Bonchev–Trinajstić information content (AvgIpc) is 2.30. The minimum Gasteiger partial charge on any atom is -0.262 e. The van der Waals surface area contributed by atoms with Crippen LogP contribution in [0.25, 0.3) is 0 Å². The number of aliphatic imine (C=N–C) groups is 1. The molecule has 0 aliphatic rings. The van der Waals surface area contributed by atoms with E-state index >= 15 is 0 Å². The molecule has 1 aromatic rings. The smallest absolute Gasteiger partial charge is 0.0372 e. The quantitative estimate of drug-likeness (QED) is 0.697. The van der Waals surface area contributed by atoms with E-state index < -0.39 is 0 Å². The number of hydrogen-bond acceptors (Lipinski definition) is 2. The lowest BCUT2D eigenvalue weighted by Gasteiger charge is -1.89. The van der Waals surface area contributed by atoms with Crippen molar-refractivity contribution in [1.29, 1.82) is 0 Å². The maximum absolute atomic E-state index is 4.08. The third-order valence-electron chi connectivity index (χ3n) is 2.00. The minimum absolute atomic E-state index is 0.844. The Morgan fingerprint density at radius 3 is 2.29 bits per heavy atom. The summed E-state index contributed by atoms with van der Waals surface area (Å²) in [4.78, 5) is 8.09. The summed E-state index contributed by atoms with van der Waals surface area (Å²) in [7, 11) is 0. The molecule has 0 fully saturated rings. The van der Waals surface area contributed by atoms with Gasteiger partial charge in [-0.15, -0.1) is 0 Å². The number of pyridine rings is 1. The average molecular weight is 230 g/mol. The predicted octanol–water partition coefficient (Wildman–Crippen LogP) is 4.26. The maximum Gasteiger partial charge on any atom is 0.0372 e. The molecule has 92 valence electrons. The van der Waals surface area contributed by atoms with E-state index in [2.05, 4.69) is 22.6 Å². The Morgan fingerprint density at radius 1 is 1.29 bits per heavy atom. The molecule has 2 heteroatoms. The lowest BCUT2D eigenvalue weighted by atomic mass is 10.3. The van der Waals surface area contributed by atoms with E-state index in [-0.39, 0.29) is 0 Å². The number of allylic oxidation sites excluding steroid dienone is 3. The zero-order valence-corrected chi connectivity index (χ0v) is 11.5. The first-order chi connectivity index (χ1) is 7.95. The van der Waals surface area contributed by atoms with Crippen LogP contribution in [0.4, 0.5) is 0 Å². The zero-order chi connectivity index (χ0) is 13.3. The van der Waals surface area contributed by atoms with Gasteiger partial charge in [0.25, 0.3) is 0 Å². The van der Waals surface area contributed by atoms with Crippen LogP contribution in [0.15, 0.2) is 47.2 Å². The number of hydrogen-bond donors (Lipinski definition) is 0. The summed E-state index contributed by atoms with van der Waals surface area (Å²) in [5.41, 5.74) is 4.31. The van der Waals surface area contributed by atoms with Crippen molar-refractivity contribution in [3.8, 4) is 0 Å². The van der Waals surface area contributed by atoms with Crippen molar-refractivity contribution in [3.63, 3.8) is 0 Å². The second kappa shape index (κ2) is 8.45. The van der Waals surface area contributed by atoms with Crippen molar-refractivity contribution in [2.45, 2.75) is 34.6 Å². The van der Waals surface area contributed by atoms with Crippen molar-refractivity contribution < 1.29 is 0 Å². The van der Waals surface area contributed by atoms with Crippen LogP contribution in [0.1, 0.15) is 32.0 Å². The summed E-state index contributed by atoms with van der Waals surface area (Å²) in [6.45, 7) is 13.5. The summed E-state index contributed by atoms with van der Waals surface area (Å²) >= 11 is 0. The van der Waals surface area contributed by atoms with Crippen molar-refractivity contribution in [2.24, 2.45) is 4.99 Å². The normalized spacial score (nSPS) is 11.0. The molecule has 0 radical (unpaired) electrons. The van der Waals surface area contributed by atoms with Gasteiger partial charge in [-0.2, -0.15) is 0 Å². The van der Waals surface area contributed by atoms with E-state index in [1.165, 1.54) is 5.56 Å². The summed E-state index contributed by atoms with van der Waals surface area (Å²) in [6, 6.07) is 4.07. The van der Waals surface area contributed by atoms with Crippen molar-refractivity contribution in [2.75, 3.05) is 0 Å². The Hall–Kier alpha value is -1.70. The number of rotatable bonds is 2. The van der Waals surface area contributed by atoms with E-state index in [1.807, 2.05) is 59.2 Å².